The molecule has 0 saturated carbocycles. The van der Waals surface area contributed by atoms with Crippen molar-refractivity contribution in [1.82, 2.24) is 25.1 Å². The Morgan fingerprint density at radius 3 is 3.04 bits per heavy atom. The monoisotopic (exact) mass is 315 g/mol. The van der Waals surface area contributed by atoms with Gasteiger partial charge in [0.05, 0.1) is 11.9 Å². The van der Waals surface area contributed by atoms with Gasteiger partial charge in [-0.1, -0.05) is 0 Å². The highest BCUT2D eigenvalue weighted by molar-refractivity contribution is 5.76. The number of amides is 1. The van der Waals surface area contributed by atoms with E-state index < -0.39 is 0 Å². The summed E-state index contributed by atoms with van der Waals surface area (Å²) < 4.78 is 1.52. The van der Waals surface area contributed by atoms with Crippen LogP contribution in [0.3, 0.4) is 0 Å². The molecule has 1 aliphatic heterocycles. The molecular weight excluding hydrogens is 294 g/mol. The second kappa shape index (κ2) is 6.64. The minimum Gasteiger partial charge on any atom is -0.384 e. The summed E-state index contributed by atoms with van der Waals surface area (Å²) in [6.45, 7) is 3.65. The first-order chi connectivity index (χ1) is 11.1. The SMILES string of the molecule is Cc1cc(N)n(CC(=O)NC2CCCN(c3cnccn3)C2)n1. The van der Waals surface area contributed by atoms with Crippen LogP contribution >= 0.6 is 0 Å². The summed E-state index contributed by atoms with van der Waals surface area (Å²) in [6, 6.07) is 1.85. The Hall–Kier alpha value is -2.64. The molecule has 3 heterocycles. The number of rotatable bonds is 4. The van der Waals surface area contributed by atoms with E-state index in [2.05, 4.69) is 25.3 Å². The number of hydrogen-bond donors (Lipinski definition) is 2. The van der Waals surface area contributed by atoms with Crippen LogP contribution in [-0.2, 0) is 11.3 Å². The summed E-state index contributed by atoms with van der Waals surface area (Å²) in [4.78, 5) is 22.8. The van der Waals surface area contributed by atoms with Gasteiger partial charge in [-0.3, -0.25) is 9.78 Å². The predicted molar refractivity (Wildman–Crippen MR) is 86.8 cm³/mol. The molecule has 1 amide bonds. The van der Waals surface area contributed by atoms with Gasteiger partial charge in [0.15, 0.2) is 0 Å². The molecule has 8 nitrogen and oxygen atoms in total. The average molecular weight is 315 g/mol. The van der Waals surface area contributed by atoms with E-state index >= 15 is 0 Å². The number of nitrogens with one attached hydrogen (secondary N) is 1. The number of carbonyl (C=O) groups is 1. The molecule has 2 aromatic rings. The summed E-state index contributed by atoms with van der Waals surface area (Å²) in [7, 11) is 0. The topological polar surface area (TPSA) is 102 Å². The molecule has 0 aliphatic carbocycles. The lowest BCUT2D eigenvalue weighted by Crippen LogP contribution is -2.48. The lowest BCUT2D eigenvalue weighted by Gasteiger charge is -2.33. The Bertz CT molecular complexity index is 670. The van der Waals surface area contributed by atoms with Gasteiger partial charge in [0.2, 0.25) is 5.91 Å². The maximum Gasteiger partial charge on any atom is 0.242 e. The van der Waals surface area contributed by atoms with Crippen LogP contribution in [0.25, 0.3) is 0 Å². The van der Waals surface area contributed by atoms with Gasteiger partial charge < -0.3 is 16.0 Å². The van der Waals surface area contributed by atoms with Crippen molar-refractivity contribution < 1.29 is 4.79 Å². The van der Waals surface area contributed by atoms with Crippen LogP contribution in [-0.4, -0.2) is 44.8 Å². The van der Waals surface area contributed by atoms with Crippen LogP contribution in [0.1, 0.15) is 18.5 Å². The van der Waals surface area contributed by atoms with Gasteiger partial charge in [0, 0.05) is 37.6 Å². The Balaban J connectivity index is 1.57. The third kappa shape index (κ3) is 3.77. The predicted octanol–water partition coefficient (Wildman–Crippen LogP) is 0.349. The molecule has 1 fully saturated rings. The number of nitrogens with two attached hydrogens (primary N) is 1. The second-order valence-corrected chi connectivity index (χ2v) is 5.78. The number of aromatic nitrogens is 4. The van der Waals surface area contributed by atoms with Crippen molar-refractivity contribution in [1.29, 1.82) is 0 Å². The van der Waals surface area contributed by atoms with Crippen LogP contribution in [0.15, 0.2) is 24.7 Å². The normalized spacial score (nSPS) is 18.0. The highest BCUT2D eigenvalue weighted by atomic mass is 16.2. The van der Waals surface area contributed by atoms with Gasteiger partial charge in [-0.2, -0.15) is 5.10 Å². The summed E-state index contributed by atoms with van der Waals surface area (Å²) in [5, 5.41) is 7.27. The molecule has 3 rings (SSSR count). The molecule has 1 atom stereocenters. The van der Waals surface area contributed by atoms with Gasteiger partial charge >= 0.3 is 0 Å². The third-order valence-electron chi connectivity index (χ3n) is 3.89. The number of carbonyl (C=O) groups excluding carboxylic acids is 1. The number of anilines is 2. The van der Waals surface area contributed by atoms with E-state index in [1.807, 2.05) is 6.92 Å². The van der Waals surface area contributed by atoms with E-state index in [4.69, 9.17) is 5.73 Å². The Morgan fingerprint density at radius 2 is 2.35 bits per heavy atom. The minimum atomic E-state index is -0.0780. The third-order valence-corrected chi connectivity index (χ3v) is 3.89. The molecule has 1 aliphatic rings. The maximum absolute atomic E-state index is 12.2. The molecule has 0 radical (unpaired) electrons. The fraction of sp³-hybridized carbons (Fsp3) is 0.467. The van der Waals surface area contributed by atoms with E-state index in [-0.39, 0.29) is 18.5 Å². The van der Waals surface area contributed by atoms with Crippen LogP contribution in [0.2, 0.25) is 0 Å². The number of nitrogen functional groups attached to an aromatic ring is 1. The van der Waals surface area contributed by atoms with Crippen molar-refractivity contribution in [2.24, 2.45) is 0 Å². The number of nitrogens with zero attached hydrogens (tertiary/aromatic N) is 5. The lowest BCUT2D eigenvalue weighted by atomic mass is 10.1. The molecule has 0 aromatic carbocycles. The van der Waals surface area contributed by atoms with Crippen LogP contribution in [0, 0.1) is 6.92 Å². The molecule has 0 spiro atoms. The van der Waals surface area contributed by atoms with Gasteiger partial charge in [0.25, 0.3) is 0 Å². The molecule has 1 saturated heterocycles. The highest BCUT2D eigenvalue weighted by Crippen LogP contribution is 2.16. The van der Waals surface area contributed by atoms with Crippen LogP contribution in [0.4, 0.5) is 11.6 Å². The van der Waals surface area contributed by atoms with E-state index in [1.165, 1.54) is 4.68 Å². The van der Waals surface area contributed by atoms with Crippen LogP contribution < -0.4 is 16.0 Å². The number of hydrogen-bond acceptors (Lipinski definition) is 6. The zero-order valence-electron chi connectivity index (χ0n) is 13.1. The van der Waals surface area contributed by atoms with E-state index in [1.54, 1.807) is 24.7 Å². The summed E-state index contributed by atoms with van der Waals surface area (Å²) >= 11 is 0. The van der Waals surface area contributed by atoms with Crippen molar-refractivity contribution in [3.8, 4) is 0 Å². The fourth-order valence-electron chi connectivity index (χ4n) is 2.86. The van der Waals surface area contributed by atoms with Crippen molar-refractivity contribution in [3.05, 3.63) is 30.4 Å². The molecule has 8 heteroatoms. The number of aryl methyl sites for hydroxylation is 1. The Morgan fingerprint density at radius 1 is 1.48 bits per heavy atom. The Labute approximate surface area is 134 Å². The van der Waals surface area contributed by atoms with Crippen molar-refractivity contribution in [3.63, 3.8) is 0 Å². The summed E-state index contributed by atoms with van der Waals surface area (Å²) in [6.07, 6.45) is 7.04. The van der Waals surface area contributed by atoms with E-state index in [0.717, 1.165) is 37.4 Å². The smallest absolute Gasteiger partial charge is 0.242 e. The van der Waals surface area contributed by atoms with Crippen LogP contribution in [0.5, 0.6) is 0 Å². The second-order valence-electron chi connectivity index (χ2n) is 5.78. The molecule has 1 unspecified atom stereocenters. The first-order valence-corrected chi connectivity index (χ1v) is 7.72. The molecule has 23 heavy (non-hydrogen) atoms. The quantitative estimate of drug-likeness (QED) is 0.844. The van der Waals surface area contributed by atoms with Crippen molar-refractivity contribution in [2.75, 3.05) is 23.7 Å². The van der Waals surface area contributed by atoms with Gasteiger partial charge in [-0.25, -0.2) is 9.67 Å². The first kappa shape index (κ1) is 15.3. The molecular formula is C15H21N7O. The van der Waals surface area contributed by atoms with Gasteiger partial charge in [-0.15, -0.1) is 0 Å². The first-order valence-electron chi connectivity index (χ1n) is 7.72. The highest BCUT2D eigenvalue weighted by Gasteiger charge is 2.22. The van der Waals surface area contributed by atoms with Crippen molar-refractivity contribution >= 4 is 17.5 Å². The number of piperidine rings is 1. The lowest BCUT2D eigenvalue weighted by molar-refractivity contribution is -0.122. The zero-order valence-corrected chi connectivity index (χ0v) is 13.1. The van der Waals surface area contributed by atoms with Gasteiger partial charge in [-0.05, 0) is 19.8 Å². The maximum atomic E-state index is 12.2. The minimum absolute atomic E-state index is 0.0780. The Kier molecular flexibility index (Phi) is 4.40. The summed E-state index contributed by atoms with van der Waals surface area (Å²) in [5.74, 6) is 1.27. The largest absolute Gasteiger partial charge is 0.384 e. The molecule has 0 bridgehead atoms. The molecule has 3 N–H and O–H groups in total. The summed E-state index contributed by atoms with van der Waals surface area (Å²) in [5.41, 5.74) is 6.63. The van der Waals surface area contributed by atoms with Crippen molar-refractivity contribution in [2.45, 2.75) is 32.4 Å². The average Bonchev–Trinajstić information content (AvgIpc) is 2.86. The molecule has 2 aromatic heterocycles. The molecule has 122 valence electrons. The van der Waals surface area contributed by atoms with E-state index in [0.29, 0.717) is 5.82 Å². The standard InChI is InChI=1S/C15H21N7O/c1-11-7-13(16)22(20-11)10-15(23)19-12-3-2-6-21(9-12)14-8-17-4-5-18-14/h4-5,7-8,12H,2-3,6,9-10,16H2,1H3,(H,19,23). The van der Waals surface area contributed by atoms with E-state index in [9.17, 15) is 4.79 Å². The fourth-order valence-corrected chi connectivity index (χ4v) is 2.86. The van der Waals surface area contributed by atoms with Gasteiger partial charge in [0.1, 0.15) is 18.2 Å². The zero-order chi connectivity index (χ0) is 16.2.